The topological polar surface area (TPSA) is 22.1 Å². The molecule has 0 amide bonds. The predicted molar refractivity (Wildman–Crippen MR) is 72.7 cm³/mol. The maximum absolute atomic E-state index is 13.2. The van der Waals surface area contributed by atoms with Gasteiger partial charge in [-0.25, -0.2) is 9.37 Å². The molecular weight excluding hydrogens is 321 g/mol. The van der Waals surface area contributed by atoms with Crippen molar-refractivity contribution in [3.63, 3.8) is 0 Å². The van der Waals surface area contributed by atoms with Gasteiger partial charge in [-0.05, 0) is 40.5 Å². The Labute approximate surface area is 118 Å². The van der Waals surface area contributed by atoms with Gasteiger partial charge in [-0.15, -0.1) is 11.6 Å². The van der Waals surface area contributed by atoms with Crippen molar-refractivity contribution in [3.8, 4) is 11.6 Å². The second kappa shape index (κ2) is 5.67. The van der Waals surface area contributed by atoms with Gasteiger partial charge in [-0.1, -0.05) is 6.07 Å². The maximum Gasteiger partial charge on any atom is 0.223 e. The van der Waals surface area contributed by atoms with Crippen molar-refractivity contribution in [1.82, 2.24) is 4.98 Å². The number of alkyl halides is 1. The summed E-state index contributed by atoms with van der Waals surface area (Å²) in [6.45, 7) is 1.84. The minimum atomic E-state index is -0.347. The molecule has 0 N–H and O–H groups in total. The predicted octanol–water partition coefficient (Wildman–Crippen LogP) is 4.82. The SMILES string of the molecule is Cc1ccc(F)cc1Oc1ncc(Br)cc1CCl. The van der Waals surface area contributed by atoms with E-state index in [0.29, 0.717) is 11.6 Å². The summed E-state index contributed by atoms with van der Waals surface area (Å²) in [5, 5.41) is 0. The molecule has 2 nitrogen and oxygen atoms in total. The number of halogens is 3. The first-order valence-electron chi connectivity index (χ1n) is 5.24. The third kappa shape index (κ3) is 3.00. The average molecular weight is 331 g/mol. The molecule has 0 radical (unpaired) electrons. The number of hydrogen-bond acceptors (Lipinski definition) is 2. The molecule has 0 aliphatic rings. The lowest BCUT2D eigenvalue weighted by atomic mass is 10.2. The van der Waals surface area contributed by atoms with Gasteiger partial charge in [0.15, 0.2) is 0 Å². The van der Waals surface area contributed by atoms with Gasteiger partial charge in [-0.3, -0.25) is 0 Å². The molecule has 5 heteroatoms. The van der Waals surface area contributed by atoms with Crippen molar-refractivity contribution in [2.75, 3.05) is 0 Å². The summed E-state index contributed by atoms with van der Waals surface area (Å²) in [7, 11) is 0. The minimum absolute atomic E-state index is 0.274. The summed E-state index contributed by atoms with van der Waals surface area (Å²) in [4.78, 5) is 4.14. The highest BCUT2D eigenvalue weighted by Gasteiger charge is 2.09. The van der Waals surface area contributed by atoms with Crippen LogP contribution in [0.5, 0.6) is 11.6 Å². The number of hydrogen-bond donors (Lipinski definition) is 0. The van der Waals surface area contributed by atoms with E-state index < -0.39 is 0 Å². The Hall–Kier alpha value is -1.13. The van der Waals surface area contributed by atoms with E-state index >= 15 is 0 Å². The average Bonchev–Trinajstić information content (AvgIpc) is 2.36. The number of aromatic nitrogens is 1. The fourth-order valence-corrected chi connectivity index (χ4v) is 2.01. The number of nitrogens with zero attached hydrogens (tertiary/aromatic N) is 1. The molecule has 0 spiro atoms. The number of ether oxygens (including phenoxy) is 1. The molecule has 0 atom stereocenters. The van der Waals surface area contributed by atoms with E-state index in [9.17, 15) is 4.39 Å². The quantitative estimate of drug-likeness (QED) is 0.753. The molecule has 2 rings (SSSR count). The lowest BCUT2D eigenvalue weighted by Crippen LogP contribution is -1.95. The van der Waals surface area contributed by atoms with Crippen LogP contribution in [0.2, 0.25) is 0 Å². The summed E-state index contributed by atoms with van der Waals surface area (Å²) >= 11 is 9.14. The first-order chi connectivity index (χ1) is 8.60. The van der Waals surface area contributed by atoms with Gasteiger partial charge in [0, 0.05) is 22.3 Å². The van der Waals surface area contributed by atoms with Crippen LogP contribution >= 0.6 is 27.5 Å². The van der Waals surface area contributed by atoms with Gasteiger partial charge in [0.05, 0.1) is 5.88 Å². The lowest BCUT2D eigenvalue weighted by molar-refractivity contribution is 0.450. The van der Waals surface area contributed by atoms with Crippen molar-refractivity contribution in [1.29, 1.82) is 0 Å². The van der Waals surface area contributed by atoms with Gasteiger partial charge in [0.25, 0.3) is 0 Å². The van der Waals surface area contributed by atoms with E-state index in [1.807, 2.05) is 13.0 Å². The molecular formula is C13H10BrClFNO. The van der Waals surface area contributed by atoms with Crippen LogP contribution < -0.4 is 4.74 Å². The Morgan fingerprint density at radius 1 is 1.39 bits per heavy atom. The van der Waals surface area contributed by atoms with Crippen molar-refractivity contribution in [2.45, 2.75) is 12.8 Å². The Bertz CT molecular complexity index is 577. The van der Waals surface area contributed by atoms with Gasteiger partial charge >= 0.3 is 0 Å². The van der Waals surface area contributed by atoms with Crippen molar-refractivity contribution in [3.05, 3.63) is 51.9 Å². The third-order valence-electron chi connectivity index (χ3n) is 2.39. The molecule has 0 fully saturated rings. The smallest absolute Gasteiger partial charge is 0.223 e. The van der Waals surface area contributed by atoms with E-state index in [1.165, 1.54) is 12.1 Å². The highest BCUT2D eigenvalue weighted by atomic mass is 79.9. The van der Waals surface area contributed by atoms with Crippen LogP contribution in [0.25, 0.3) is 0 Å². The second-order valence-electron chi connectivity index (χ2n) is 3.76. The van der Waals surface area contributed by atoms with Gasteiger partial charge in [0.1, 0.15) is 11.6 Å². The minimum Gasteiger partial charge on any atom is -0.438 e. The summed E-state index contributed by atoms with van der Waals surface area (Å²) in [5.41, 5.74) is 1.58. The van der Waals surface area contributed by atoms with Crippen LogP contribution in [0.15, 0.2) is 34.9 Å². The van der Waals surface area contributed by atoms with Crippen LogP contribution in [0.1, 0.15) is 11.1 Å². The molecule has 1 aromatic heterocycles. The van der Waals surface area contributed by atoms with E-state index in [-0.39, 0.29) is 11.7 Å². The van der Waals surface area contributed by atoms with Crippen molar-refractivity contribution < 1.29 is 9.13 Å². The Kier molecular flexibility index (Phi) is 4.19. The van der Waals surface area contributed by atoms with Crippen LogP contribution in [-0.4, -0.2) is 4.98 Å². The molecule has 18 heavy (non-hydrogen) atoms. The molecule has 0 bridgehead atoms. The van der Waals surface area contributed by atoms with Crippen molar-refractivity contribution >= 4 is 27.5 Å². The fourth-order valence-electron chi connectivity index (χ4n) is 1.44. The molecule has 94 valence electrons. The Morgan fingerprint density at radius 3 is 2.89 bits per heavy atom. The van der Waals surface area contributed by atoms with Crippen LogP contribution in [0.4, 0.5) is 4.39 Å². The highest BCUT2D eigenvalue weighted by Crippen LogP contribution is 2.29. The summed E-state index contributed by atoms with van der Waals surface area (Å²) < 4.78 is 19.6. The van der Waals surface area contributed by atoms with Gasteiger partial charge < -0.3 is 4.74 Å². The zero-order chi connectivity index (χ0) is 13.1. The van der Waals surface area contributed by atoms with E-state index in [0.717, 1.165) is 15.6 Å². The zero-order valence-corrected chi connectivity index (χ0v) is 11.9. The summed E-state index contributed by atoms with van der Waals surface area (Å²) in [6, 6.07) is 6.20. The monoisotopic (exact) mass is 329 g/mol. The number of pyridine rings is 1. The number of benzene rings is 1. The van der Waals surface area contributed by atoms with Crippen LogP contribution in [0, 0.1) is 12.7 Å². The second-order valence-corrected chi connectivity index (χ2v) is 4.95. The molecule has 2 aromatic rings. The third-order valence-corrected chi connectivity index (χ3v) is 3.11. The van der Waals surface area contributed by atoms with Crippen molar-refractivity contribution in [2.24, 2.45) is 0 Å². The number of aryl methyl sites for hydroxylation is 1. The molecule has 0 unspecified atom stereocenters. The normalized spacial score (nSPS) is 10.4. The largest absolute Gasteiger partial charge is 0.438 e. The van der Waals surface area contributed by atoms with E-state index in [1.54, 1.807) is 12.3 Å². The van der Waals surface area contributed by atoms with Gasteiger partial charge in [-0.2, -0.15) is 0 Å². The summed E-state index contributed by atoms with van der Waals surface area (Å²) in [5.74, 6) is 0.758. The van der Waals surface area contributed by atoms with E-state index in [4.69, 9.17) is 16.3 Å². The van der Waals surface area contributed by atoms with E-state index in [2.05, 4.69) is 20.9 Å². The maximum atomic E-state index is 13.2. The zero-order valence-electron chi connectivity index (χ0n) is 9.58. The first-order valence-corrected chi connectivity index (χ1v) is 6.57. The Morgan fingerprint density at radius 2 is 2.17 bits per heavy atom. The molecule has 0 aliphatic carbocycles. The van der Waals surface area contributed by atoms with Crippen LogP contribution in [0.3, 0.4) is 0 Å². The Balaban J connectivity index is 2.36. The number of rotatable bonds is 3. The first kappa shape index (κ1) is 13.3. The summed E-state index contributed by atoms with van der Waals surface area (Å²) in [6.07, 6.45) is 1.61. The molecule has 1 aromatic carbocycles. The highest BCUT2D eigenvalue weighted by molar-refractivity contribution is 9.10. The standard InChI is InChI=1S/C13H10BrClFNO/c1-8-2-3-11(16)5-12(8)18-13-9(6-15)4-10(14)7-17-13/h2-5,7H,6H2,1H3. The molecule has 0 aliphatic heterocycles. The fraction of sp³-hybridized carbons (Fsp3) is 0.154. The van der Waals surface area contributed by atoms with Gasteiger partial charge in [0.2, 0.25) is 5.88 Å². The molecule has 0 saturated carbocycles. The van der Waals surface area contributed by atoms with Crippen LogP contribution in [-0.2, 0) is 5.88 Å². The lowest BCUT2D eigenvalue weighted by Gasteiger charge is -2.10. The molecule has 1 heterocycles. The molecule has 0 saturated heterocycles.